The van der Waals surface area contributed by atoms with Crippen molar-refractivity contribution in [2.45, 2.75) is 43.6 Å². The van der Waals surface area contributed by atoms with Crippen molar-refractivity contribution in [1.82, 2.24) is 14.9 Å². The fourth-order valence-corrected chi connectivity index (χ4v) is 6.75. The van der Waals surface area contributed by atoms with E-state index in [2.05, 4.69) is 26.3 Å². The molecule has 2 heterocycles. The van der Waals surface area contributed by atoms with Crippen molar-refractivity contribution in [3.8, 4) is 0 Å². The SMILES string of the molecule is [CH2]OP(=O)(O)OC1(CC(C)C)CCN(C(=O)c2ccc(NS(=O)(=O)c3cccc4nccnc34)cc2)CC1. The number of phosphoric ester groups is 1. The molecule has 11 nitrogen and oxygen atoms in total. The average molecular weight is 562 g/mol. The summed E-state index contributed by atoms with van der Waals surface area (Å²) in [6.07, 6.45) is 4.16. The summed E-state index contributed by atoms with van der Waals surface area (Å²) in [6, 6.07) is 10.9. The van der Waals surface area contributed by atoms with E-state index in [0.29, 0.717) is 43.4 Å². The number of nitrogens with one attached hydrogen (secondary N) is 1. The van der Waals surface area contributed by atoms with E-state index in [1.807, 2.05) is 13.8 Å². The van der Waals surface area contributed by atoms with E-state index in [0.717, 1.165) is 0 Å². The maximum atomic E-state index is 13.1. The predicted octanol–water partition coefficient (Wildman–Crippen LogP) is 4.38. The van der Waals surface area contributed by atoms with Gasteiger partial charge in [0.15, 0.2) is 0 Å². The van der Waals surface area contributed by atoms with Crippen LogP contribution in [-0.2, 0) is 23.6 Å². The van der Waals surface area contributed by atoms with Crippen LogP contribution in [0.15, 0.2) is 59.8 Å². The third kappa shape index (κ3) is 6.39. The maximum absolute atomic E-state index is 13.1. The second kappa shape index (κ2) is 11.1. The van der Waals surface area contributed by atoms with Crippen LogP contribution in [0.5, 0.6) is 0 Å². The molecule has 0 spiro atoms. The molecule has 4 rings (SSSR count). The number of hydrogen-bond donors (Lipinski definition) is 2. The molecular formula is C25H30N4O7PS. The molecule has 1 saturated heterocycles. The molecule has 38 heavy (non-hydrogen) atoms. The van der Waals surface area contributed by atoms with Crippen LogP contribution in [-0.4, -0.2) is 52.8 Å². The second-order valence-corrected chi connectivity index (χ2v) is 12.7. The minimum Gasteiger partial charge on any atom is -0.338 e. The summed E-state index contributed by atoms with van der Waals surface area (Å²) in [5.74, 6) is -0.0400. The van der Waals surface area contributed by atoms with Crippen LogP contribution >= 0.6 is 7.82 Å². The highest BCUT2D eigenvalue weighted by Crippen LogP contribution is 2.51. The van der Waals surface area contributed by atoms with Crippen molar-refractivity contribution in [1.29, 1.82) is 0 Å². The van der Waals surface area contributed by atoms with E-state index in [-0.39, 0.29) is 27.9 Å². The molecule has 1 fully saturated rings. The predicted molar refractivity (Wildman–Crippen MR) is 141 cm³/mol. The van der Waals surface area contributed by atoms with Crippen LogP contribution in [0, 0.1) is 13.0 Å². The highest BCUT2D eigenvalue weighted by atomic mass is 32.2. The summed E-state index contributed by atoms with van der Waals surface area (Å²) < 4.78 is 50.5. The lowest BCUT2D eigenvalue weighted by Crippen LogP contribution is -2.48. The number of piperidine rings is 1. The molecule has 2 N–H and O–H groups in total. The van der Waals surface area contributed by atoms with Crippen molar-refractivity contribution in [3.63, 3.8) is 0 Å². The standard InChI is InChI=1S/C25H30N4O7PS/c1-18(2)17-25(36-37(31,32)35-3)11-15-29(16-12-25)24(30)19-7-9-20(10-8-19)28-38(33,34)22-6-4-5-21-23(22)27-14-13-26-21/h4-10,13-14,18,28H,3,11-12,15-17H2,1-2H3,(H,31,32). The first-order chi connectivity index (χ1) is 17.9. The number of hydrogen-bond acceptors (Lipinski definition) is 8. The normalized spacial score (nSPS) is 17.3. The molecule has 0 saturated carbocycles. The highest BCUT2D eigenvalue weighted by molar-refractivity contribution is 7.93. The largest absolute Gasteiger partial charge is 0.472 e. The summed E-state index contributed by atoms with van der Waals surface area (Å²) in [7, 11) is -5.23. The number of nitrogens with zero attached hydrogens (tertiary/aromatic N) is 3. The van der Waals surface area contributed by atoms with E-state index in [1.165, 1.54) is 30.6 Å². The number of benzene rings is 2. The lowest BCUT2D eigenvalue weighted by molar-refractivity contribution is -0.0298. The van der Waals surface area contributed by atoms with Crippen molar-refractivity contribution in [3.05, 3.63) is 67.5 Å². The van der Waals surface area contributed by atoms with Gasteiger partial charge in [0.1, 0.15) is 10.4 Å². The Balaban J connectivity index is 1.44. The Morgan fingerprint density at radius 2 is 1.82 bits per heavy atom. The van der Waals surface area contributed by atoms with Crippen LogP contribution in [0.1, 0.15) is 43.5 Å². The monoisotopic (exact) mass is 561 g/mol. The van der Waals surface area contributed by atoms with E-state index < -0.39 is 23.4 Å². The molecule has 1 amide bonds. The van der Waals surface area contributed by atoms with E-state index in [9.17, 15) is 22.7 Å². The van der Waals surface area contributed by atoms with Crippen molar-refractivity contribution in [2.24, 2.45) is 5.92 Å². The summed E-state index contributed by atoms with van der Waals surface area (Å²) in [4.78, 5) is 32.9. The Morgan fingerprint density at radius 1 is 1.16 bits per heavy atom. The van der Waals surface area contributed by atoms with Gasteiger partial charge in [0.25, 0.3) is 15.9 Å². The molecule has 13 heteroatoms. The van der Waals surface area contributed by atoms with Gasteiger partial charge in [-0.3, -0.25) is 28.5 Å². The average Bonchev–Trinajstić information content (AvgIpc) is 2.88. The number of sulfonamides is 1. The van der Waals surface area contributed by atoms with Crippen LogP contribution in [0.2, 0.25) is 0 Å². The van der Waals surface area contributed by atoms with Gasteiger partial charge in [-0.1, -0.05) is 19.9 Å². The van der Waals surface area contributed by atoms with Crippen LogP contribution in [0.3, 0.4) is 0 Å². The zero-order chi connectivity index (χ0) is 27.6. The Bertz CT molecular complexity index is 1450. The summed E-state index contributed by atoms with van der Waals surface area (Å²) in [5, 5.41) is 0. The third-order valence-electron chi connectivity index (χ3n) is 6.35. The summed E-state index contributed by atoms with van der Waals surface area (Å²) in [6.45, 7) is 4.61. The number of likely N-dealkylation sites (tertiary alicyclic amines) is 1. The lowest BCUT2D eigenvalue weighted by atomic mass is 9.84. The molecule has 1 radical (unpaired) electrons. The third-order valence-corrected chi connectivity index (χ3v) is 8.71. The number of fused-ring (bicyclic) bond motifs is 1. The van der Waals surface area contributed by atoms with E-state index >= 15 is 0 Å². The van der Waals surface area contributed by atoms with Gasteiger partial charge in [0, 0.05) is 36.7 Å². The Labute approximate surface area is 221 Å². The van der Waals surface area contributed by atoms with E-state index in [1.54, 1.807) is 29.2 Å². The molecule has 2 aromatic carbocycles. The minimum atomic E-state index is -4.30. The number of rotatable bonds is 9. The van der Waals surface area contributed by atoms with Gasteiger partial charge in [-0.05, 0) is 61.6 Å². The van der Waals surface area contributed by atoms with Gasteiger partial charge in [0.2, 0.25) is 0 Å². The lowest BCUT2D eigenvalue weighted by Gasteiger charge is -2.42. The second-order valence-electron chi connectivity index (χ2n) is 9.63. The molecule has 1 aliphatic heterocycles. The number of para-hydroxylation sites is 1. The smallest absolute Gasteiger partial charge is 0.338 e. The molecule has 1 aromatic heterocycles. The van der Waals surface area contributed by atoms with E-state index in [4.69, 9.17) is 4.52 Å². The van der Waals surface area contributed by atoms with Gasteiger partial charge >= 0.3 is 7.82 Å². The molecule has 0 bridgehead atoms. The topological polar surface area (TPSA) is 148 Å². The van der Waals surface area contributed by atoms with Crippen LogP contribution < -0.4 is 4.72 Å². The number of carbonyl (C=O) groups is 1. The molecule has 1 unspecified atom stereocenters. The quantitative estimate of drug-likeness (QED) is 0.363. The first-order valence-corrected chi connectivity index (χ1v) is 15.0. The Kier molecular flexibility index (Phi) is 8.20. The number of aromatic nitrogens is 2. The van der Waals surface area contributed by atoms with Crippen LogP contribution in [0.25, 0.3) is 11.0 Å². The van der Waals surface area contributed by atoms with Gasteiger partial charge < -0.3 is 9.79 Å². The minimum absolute atomic E-state index is 0.000324. The summed E-state index contributed by atoms with van der Waals surface area (Å²) >= 11 is 0. The number of phosphoric acid groups is 1. The van der Waals surface area contributed by atoms with Gasteiger partial charge in [-0.15, -0.1) is 0 Å². The fourth-order valence-electron chi connectivity index (χ4n) is 4.72. The van der Waals surface area contributed by atoms with Gasteiger partial charge in [-0.25, -0.2) is 13.0 Å². The van der Waals surface area contributed by atoms with Gasteiger partial charge in [0.05, 0.1) is 18.2 Å². The zero-order valence-electron chi connectivity index (χ0n) is 21.1. The Morgan fingerprint density at radius 3 is 2.45 bits per heavy atom. The van der Waals surface area contributed by atoms with Crippen molar-refractivity contribution in [2.75, 3.05) is 17.8 Å². The summed E-state index contributed by atoms with van der Waals surface area (Å²) in [5.41, 5.74) is 0.492. The number of anilines is 1. The van der Waals surface area contributed by atoms with Gasteiger partial charge in [-0.2, -0.15) is 0 Å². The first kappa shape index (κ1) is 28.1. The number of amides is 1. The Hall–Kier alpha value is -2.89. The molecule has 203 valence electrons. The highest BCUT2D eigenvalue weighted by Gasteiger charge is 2.43. The molecule has 0 aliphatic carbocycles. The first-order valence-electron chi connectivity index (χ1n) is 12.0. The molecule has 3 aromatic rings. The molecular weight excluding hydrogens is 531 g/mol. The van der Waals surface area contributed by atoms with Crippen molar-refractivity contribution >= 4 is 40.5 Å². The maximum Gasteiger partial charge on any atom is 0.472 e. The van der Waals surface area contributed by atoms with Crippen LogP contribution in [0.4, 0.5) is 5.69 Å². The fraction of sp³-hybridized carbons (Fsp3) is 0.360. The number of carbonyl (C=O) groups excluding carboxylic acids is 1. The zero-order valence-corrected chi connectivity index (χ0v) is 22.8. The molecule has 1 aliphatic rings. The molecule has 1 atom stereocenters. The van der Waals surface area contributed by atoms with Crippen molar-refractivity contribution < 1.29 is 31.7 Å².